The van der Waals surface area contributed by atoms with Gasteiger partial charge >= 0.3 is 6.09 Å². The number of likely N-dealkylation sites (tertiary alicyclic amines) is 1. The molecule has 1 amide bonds. The number of nitrogens with zero attached hydrogens (tertiary/aromatic N) is 3. The van der Waals surface area contributed by atoms with Gasteiger partial charge in [0.1, 0.15) is 0 Å². The molecular weight excluding hydrogens is 374 g/mol. The summed E-state index contributed by atoms with van der Waals surface area (Å²) in [7, 11) is 1.40. The van der Waals surface area contributed by atoms with E-state index in [2.05, 4.69) is 15.5 Å². The number of hydrogen-bond acceptors (Lipinski definition) is 8. The fraction of sp³-hybridized carbons (Fsp3) is 0.500. The molecule has 2 aliphatic heterocycles. The van der Waals surface area contributed by atoms with E-state index < -0.39 is 0 Å². The largest absolute Gasteiger partial charge is 0.453 e. The van der Waals surface area contributed by atoms with Crippen LogP contribution in [0.3, 0.4) is 0 Å². The van der Waals surface area contributed by atoms with Crippen LogP contribution >= 0.6 is 0 Å². The first-order valence-corrected chi connectivity index (χ1v) is 9.83. The van der Waals surface area contributed by atoms with Crippen LogP contribution in [0.2, 0.25) is 0 Å². The Balaban J connectivity index is 1.47. The van der Waals surface area contributed by atoms with Crippen molar-refractivity contribution in [2.45, 2.75) is 31.2 Å². The molecule has 2 aliphatic rings. The summed E-state index contributed by atoms with van der Waals surface area (Å²) < 4.78 is 15.7. The van der Waals surface area contributed by atoms with Crippen molar-refractivity contribution in [3.63, 3.8) is 0 Å². The molecule has 4 rings (SSSR count). The highest BCUT2D eigenvalue weighted by atomic mass is 16.5. The number of aromatic nitrogens is 2. The molecule has 1 atom stereocenters. The smallest absolute Gasteiger partial charge is 0.409 e. The minimum atomic E-state index is -0.295. The summed E-state index contributed by atoms with van der Waals surface area (Å²) in [6.07, 6.45) is 3.52. The molecule has 1 aromatic heterocycles. The zero-order valence-electron chi connectivity index (χ0n) is 16.4. The standard InChI is InChI=1S/C20H25N5O4/c1-27-20(26)25-7-4-13(5-8-25)18-23-19(29-24-18)14-2-3-15(11-21)17(10-14)22-16-6-9-28-12-16/h2-3,10-11,13,16,21-22H,4-9,12H2,1H3. The van der Waals surface area contributed by atoms with Gasteiger partial charge in [-0.3, -0.25) is 0 Å². The summed E-state index contributed by atoms with van der Waals surface area (Å²) in [6.45, 7) is 2.65. The third-order valence-corrected chi connectivity index (χ3v) is 5.48. The second-order valence-electron chi connectivity index (χ2n) is 7.34. The zero-order chi connectivity index (χ0) is 20.2. The summed E-state index contributed by atoms with van der Waals surface area (Å²) >= 11 is 0. The number of piperidine rings is 1. The van der Waals surface area contributed by atoms with E-state index in [4.69, 9.17) is 19.4 Å². The number of ether oxygens (including phenoxy) is 2. The van der Waals surface area contributed by atoms with Crippen LogP contribution in [0.15, 0.2) is 22.7 Å². The predicted molar refractivity (Wildman–Crippen MR) is 106 cm³/mol. The van der Waals surface area contributed by atoms with Crippen molar-refractivity contribution in [1.82, 2.24) is 15.0 Å². The van der Waals surface area contributed by atoms with Crippen molar-refractivity contribution in [2.75, 3.05) is 38.7 Å². The van der Waals surface area contributed by atoms with Gasteiger partial charge in [0.2, 0.25) is 0 Å². The number of rotatable bonds is 5. The van der Waals surface area contributed by atoms with Gasteiger partial charge in [0.05, 0.1) is 19.8 Å². The van der Waals surface area contributed by atoms with Gasteiger partial charge in [0.15, 0.2) is 5.82 Å². The van der Waals surface area contributed by atoms with Gasteiger partial charge in [-0.15, -0.1) is 0 Å². The van der Waals surface area contributed by atoms with E-state index in [1.165, 1.54) is 13.3 Å². The Labute approximate surface area is 168 Å². The van der Waals surface area contributed by atoms with Crippen LogP contribution < -0.4 is 5.32 Å². The molecule has 9 nitrogen and oxygen atoms in total. The predicted octanol–water partition coefficient (Wildman–Crippen LogP) is 2.88. The lowest BCUT2D eigenvalue weighted by Crippen LogP contribution is -2.37. The number of methoxy groups -OCH3 is 1. The van der Waals surface area contributed by atoms with E-state index in [9.17, 15) is 4.79 Å². The molecule has 154 valence electrons. The Morgan fingerprint density at radius 2 is 2.17 bits per heavy atom. The molecule has 3 heterocycles. The number of carbonyl (C=O) groups excluding carboxylic acids is 1. The third-order valence-electron chi connectivity index (χ3n) is 5.48. The van der Waals surface area contributed by atoms with Crippen molar-refractivity contribution >= 4 is 18.0 Å². The maximum absolute atomic E-state index is 11.6. The van der Waals surface area contributed by atoms with Crippen LogP contribution in [0.4, 0.5) is 10.5 Å². The maximum Gasteiger partial charge on any atom is 0.409 e. The Kier molecular flexibility index (Phi) is 5.75. The number of anilines is 1. The molecule has 9 heteroatoms. The number of hydrogen-bond donors (Lipinski definition) is 2. The minimum absolute atomic E-state index is 0.155. The van der Waals surface area contributed by atoms with Gasteiger partial charge < -0.3 is 29.6 Å². The summed E-state index contributed by atoms with van der Waals surface area (Å²) in [5.74, 6) is 1.28. The number of nitrogens with one attached hydrogen (secondary N) is 2. The molecule has 0 spiro atoms. The topological polar surface area (TPSA) is 114 Å². The first-order valence-electron chi connectivity index (χ1n) is 9.83. The first-order chi connectivity index (χ1) is 14.2. The maximum atomic E-state index is 11.6. The van der Waals surface area contributed by atoms with Crippen LogP contribution in [0.25, 0.3) is 11.5 Å². The molecule has 2 saturated heterocycles. The Bertz CT molecular complexity index is 870. The SMILES string of the molecule is COC(=O)N1CCC(c2noc(-c3ccc(C=N)c(NC4CCOC4)c3)n2)CC1. The molecule has 29 heavy (non-hydrogen) atoms. The lowest BCUT2D eigenvalue weighted by Gasteiger charge is -2.29. The molecule has 1 aromatic carbocycles. The molecule has 1 unspecified atom stereocenters. The fourth-order valence-corrected chi connectivity index (χ4v) is 3.78. The summed E-state index contributed by atoms with van der Waals surface area (Å²) in [4.78, 5) is 17.9. The van der Waals surface area contributed by atoms with Crippen LogP contribution in [-0.4, -0.2) is 66.8 Å². The molecule has 0 aliphatic carbocycles. The van der Waals surface area contributed by atoms with Crippen molar-refractivity contribution in [2.24, 2.45) is 0 Å². The average Bonchev–Trinajstić information content (AvgIpc) is 3.45. The highest BCUT2D eigenvalue weighted by Gasteiger charge is 2.27. The van der Waals surface area contributed by atoms with E-state index in [0.717, 1.165) is 42.7 Å². The Morgan fingerprint density at radius 1 is 1.34 bits per heavy atom. The third kappa shape index (κ3) is 4.24. The quantitative estimate of drug-likeness (QED) is 0.743. The van der Waals surface area contributed by atoms with Crippen molar-refractivity contribution in [3.05, 3.63) is 29.6 Å². The summed E-state index contributed by atoms with van der Waals surface area (Å²) in [6, 6.07) is 5.94. The Morgan fingerprint density at radius 3 is 2.86 bits per heavy atom. The zero-order valence-corrected chi connectivity index (χ0v) is 16.4. The van der Waals surface area contributed by atoms with Crippen LogP contribution in [0.5, 0.6) is 0 Å². The minimum Gasteiger partial charge on any atom is -0.453 e. The first kappa shape index (κ1) is 19.4. The van der Waals surface area contributed by atoms with E-state index in [0.29, 0.717) is 31.4 Å². The monoisotopic (exact) mass is 399 g/mol. The molecular formula is C20H25N5O4. The number of carbonyl (C=O) groups is 1. The number of benzene rings is 1. The molecule has 0 bridgehead atoms. The van der Waals surface area contributed by atoms with Gasteiger partial charge in [-0.05, 0) is 31.4 Å². The van der Waals surface area contributed by atoms with Crippen molar-refractivity contribution in [1.29, 1.82) is 5.41 Å². The van der Waals surface area contributed by atoms with Crippen LogP contribution in [-0.2, 0) is 9.47 Å². The lowest BCUT2D eigenvalue weighted by atomic mass is 9.96. The normalized spacial score (nSPS) is 19.9. The van der Waals surface area contributed by atoms with E-state index >= 15 is 0 Å². The lowest BCUT2D eigenvalue weighted by molar-refractivity contribution is 0.111. The van der Waals surface area contributed by atoms with Gasteiger partial charge in [0, 0.05) is 48.6 Å². The van der Waals surface area contributed by atoms with E-state index in [1.807, 2.05) is 18.2 Å². The van der Waals surface area contributed by atoms with Crippen LogP contribution in [0.1, 0.15) is 36.6 Å². The summed E-state index contributed by atoms with van der Waals surface area (Å²) in [5, 5.41) is 15.3. The van der Waals surface area contributed by atoms with E-state index in [-0.39, 0.29) is 18.1 Å². The average molecular weight is 399 g/mol. The molecule has 2 fully saturated rings. The highest BCUT2D eigenvalue weighted by molar-refractivity contribution is 5.87. The summed E-state index contributed by atoms with van der Waals surface area (Å²) in [5.41, 5.74) is 2.47. The molecule has 0 saturated carbocycles. The van der Waals surface area contributed by atoms with E-state index in [1.54, 1.807) is 4.90 Å². The molecule has 2 aromatic rings. The molecule has 0 radical (unpaired) electrons. The fourth-order valence-electron chi connectivity index (χ4n) is 3.78. The van der Waals surface area contributed by atoms with Crippen molar-refractivity contribution < 1.29 is 18.8 Å². The molecule has 2 N–H and O–H groups in total. The highest BCUT2D eigenvalue weighted by Crippen LogP contribution is 2.30. The number of amides is 1. The van der Waals surface area contributed by atoms with Crippen LogP contribution in [0, 0.1) is 5.41 Å². The van der Waals surface area contributed by atoms with Gasteiger partial charge in [-0.2, -0.15) is 4.98 Å². The second-order valence-corrected chi connectivity index (χ2v) is 7.34. The van der Waals surface area contributed by atoms with Gasteiger partial charge in [-0.1, -0.05) is 11.2 Å². The Hall–Kier alpha value is -2.94. The van der Waals surface area contributed by atoms with Gasteiger partial charge in [0.25, 0.3) is 5.89 Å². The second kappa shape index (κ2) is 8.60. The van der Waals surface area contributed by atoms with Gasteiger partial charge in [-0.25, -0.2) is 4.79 Å². The van der Waals surface area contributed by atoms with Crippen molar-refractivity contribution in [3.8, 4) is 11.5 Å².